The van der Waals surface area contributed by atoms with Crippen molar-refractivity contribution < 1.29 is 14.0 Å². The molecule has 0 spiro atoms. The predicted octanol–water partition coefficient (Wildman–Crippen LogP) is 4.77. The van der Waals surface area contributed by atoms with E-state index in [1.54, 1.807) is 12.1 Å². The Labute approximate surface area is 152 Å². The average molecular weight is 361 g/mol. The topological polar surface area (TPSA) is 37.4 Å². The molecule has 0 aromatic heterocycles. The number of carbonyl (C=O) groups excluding carboxylic acids is 2. The van der Waals surface area contributed by atoms with Crippen LogP contribution in [0.4, 0.5) is 4.39 Å². The molecule has 5 heteroatoms. The Hall–Kier alpha value is -1.62. The van der Waals surface area contributed by atoms with Crippen molar-refractivity contribution in [3.8, 4) is 0 Å². The molecule has 1 saturated carbocycles. The molecule has 0 N–H and O–H groups in total. The molecular weight excluding hydrogens is 337 g/mol. The van der Waals surface area contributed by atoms with Crippen molar-refractivity contribution in [1.29, 1.82) is 0 Å². The number of carbonyl (C=O) groups is 2. The first-order valence-electron chi connectivity index (χ1n) is 9.04. The van der Waals surface area contributed by atoms with Gasteiger partial charge in [0.15, 0.2) is 0 Å². The summed E-state index contributed by atoms with van der Waals surface area (Å²) < 4.78 is 13.3. The summed E-state index contributed by atoms with van der Waals surface area (Å²) in [7, 11) is 0. The highest BCUT2D eigenvalue weighted by molar-refractivity contribution is 8.04. The van der Waals surface area contributed by atoms with Crippen LogP contribution >= 0.6 is 11.8 Å². The monoisotopic (exact) mass is 361 g/mol. The Kier molecular flexibility index (Phi) is 5.62. The molecule has 2 amide bonds. The fourth-order valence-corrected chi connectivity index (χ4v) is 4.58. The van der Waals surface area contributed by atoms with E-state index in [2.05, 4.69) is 0 Å². The van der Waals surface area contributed by atoms with Gasteiger partial charge >= 0.3 is 0 Å². The third-order valence-corrected chi connectivity index (χ3v) is 5.83. The Morgan fingerprint density at radius 3 is 2.16 bits per heavy atom. The molecule has 0 atom stereocenters. The number of imide groups is 1. The average Bonchev–Trinajstić information content (AvgIpc) is 2.76. The van der Waals surface area contributed by atoms with Crippen molar-refractivity contribution in [2.24, 2.45) is 0 Å². The molecule has 0 unspecified atom stereocenters. The van der Waals surface area contributed by atoms with Crippen LogP contribution in [-0.2, 0) is 9.59 Å². The molecule has 1 aromatic carbocycles. The van der Waals surface area contributed by atoms with Crippen LogP contribution < -0.4 is 0 Å². The predicted molar refractivity (Wildman–Crippen MR) is 99.4 cm³/mol. The van der Waals surface area contributed by atoms with Gasteiger partial charge in [-0.15, -0.1) is 11.8 Å². The Morgan fingerprint density at radius 1 is 1.00 bits per heavy atom. The fraction of sp³-hybridized carbons (Fsp3) is 0.500. The zero-order chi connectivity index (χ0) is 18.0. The summed E-state index contributed by atoms with van der Waals surface area (Å²) in [5.74, 6) is -0.735. The van der Waals surface area contributed by atoms with Crippen LogP contribution in [0.3, 0.4) is 0 Å². The van der Waals surface area contributed by atoms with Crippen LogP contribution in [0.15, 0.2) is 29.2 Å². The molecule has 1 aliphatic carbocycles. The molecule has 0 bridgehead atoms. The summed E-state index contributed by atoms with van der Waals surface area (Å²) in [6.07, 6.45) is 6.21. The summed E-state index contributed by atoms with van der Waals surface area (Å²) in [6.45, 7) is 4.01. The maximum absolute atomic E-state index is 13.3. The number of benzene rings is 1. The van der Waals surface area contributed by atoms with Crippen LogP contribution in [-0.4, -0.2) is 28.0 Å². The van der Waals surface area contributed by atoms with Crippen LogP contribution in [0, 0.1) is 5.82 Å². The lowest BCUT2D eigenvalue weighted by molar-refractivity contribution is -0.139. The first kappa shape index (κ1) is 18.2. The van der Waals surface area contributed by atoms with E-state index < -0.39 is 0 Å². The minimum atomic E-state index is -0.347. The van der Waals surface area contributed by atoms with Crippen molar-refractivity contribution in [2.75, 3.05) is 0 Å². The van der Waals surface area contributed by atoms with E-state index in [1.807, 2.05) is 13.8 Å². The van der Waals surface area contributed by atoms with Gasteiger partial charge in [-0.1, -0.05) is 51.7 Å². The Bertz CT molecular complexity index is 688. The first-order valence-corrected chi connectivity index (χ1v) is 9.91. The SMILES string of the molecule is CC(C)SC1=C(c2ccc(F)cc2)C(=O)N(C2CCCCCC2)C1=O. The molecule has 1 aromatic rings. The van der Waals surface area contributed by atoms with Gasteiger partial charge in [0.2, 0.25) is 0 Å². The van der Waals surface area contributed by atoms with Crippen LogP contribution in [0.5, 0.6) is 0 Å². The van der Waals surface area contributed by atoms with Gasteiger partial charge in [0.1, 0.15) is 5.82 Å². The van der Waals surface area contributed by atoms with Crippen molar-refractivity contribution in [3.63, 3.8) is 0 Å². The fourth-order valence-electron chi connectivity index (χ4n) is 3.59. The summed E-state index contributed by atoms with van der Waals surface area (Å²) in [5, 5.41) is 0.191. The molecule has 0 radical (unpaired) electrons. The van der Waals surface area contributed by atoms with Crippen molar-refractivity contribution >= 4 is 29.1 Å². The number of amides is 2. The number of hydrogen-bond donors (Lipinski definition) is 0. The summed E-state index contributed by atoms with van der Waals surface area (Å²) in [6, 6.07) is 5.85. The highest BCUT2D eigenvalue weighted by atomic mass is 32.2. The van der Waals surface area contributed by atoms with Crippen LogP contribution in [0.2, 0.25) is 0 Å². The van der Waals surface area contributed by atoms with Crippen LogP contribution in [0.25, 0.3) is 5.57 Å². The second-order valence-corrected chi connectivity index (χ2v) is 8.59. The molecular formula is C20H24FNO2S. The highest BCUT2D eigenvalue weighted by Gasteiger charge is 2.42. The summed E-state index contributed by atoms with van der Waals surface area (Å²) >= 11 is 1.43. The largest absolute Gasteiger partial charge is 0.271 e. The lowest BCUT2D eigenvalue weighted by Crippen LogP contribution is -2.40. The van der Waals surface area contributed by atoms with Gasteiger partial charge in [-0.2, -0.15) is 0 Å². The van der Waals surface area contributed by atoms with Gasteiger partial charge in [-0.25, -0.2) is 4.39 Å². The highest BCUT2D eigenvalue weighted by Crippen LogP contribution is 2.40. The molecule has 2 aliphatic rings. The van der Waals surface area contributed by atoms with Crippen molar-refractivity contribution in [3.05, 3.63) is 40.6 Å². The molecule has 3 nitrogen and oxygen atoms in total. The third kappa shape index (κ3) is 3.81. The normalized spacial score (nSPS) is 19.9. The molecule has 1 heterocycles. The van der Waals surface area contributed by atoms with Gasteiger partial charge in [-0.3, -0.25) is 14.5 Å². The Balaban J connectivity index is 1.98. The first-order chi connectivity index (χ1) is 12.0. The number of thioether (sulfide) groups is 1. The smallest absolute Gasteiger partial charge is 0.268 e. The lowest BCUT2D eigenvalue weighted by atomic mass is 10.0. The molecule has 0 saturated heterocycles. The second kappa shape index (κ2) is 7.73. The van der Waals surface area contributed by atoms with E-state index in [-0.39, 0.29) is 28.9 Å². The molecule has 1 fully saturated rings. The standard InChI is InChI=1S/C20H24FNO2S/c1-13(2)25-18-17(14-9-11-15(21)12-10-14)19(23)22(20(18)24)16-7-5-3-4-6-8-16/h9-13,16H,3-8H2,1-2H3. The number of hydrogen-bond acceptors (Lipinski definition) is 3. The van der Waals surface area contributed by atoms with E-state index in [0.717, 1.165) is 25.7 Å². The van der Waals surface area contributed by atoms with E-state index in [1.165, 1.54) is 41.6 Å². The molecule has 3 rings (SSSR count). The van der Waals surface area contributed by atoms with Gasteiger partial charge in [0.25, 0.3) is 11.8 Å². The third-order valence-electron chi connectivity index (χ3n) is 4.75. The second-order valence-electron chi connectivity index (χ2n) is 7.00. The van der Waals surface area contributed by atoms with E-state index in [4.69, 9.17) is 0 Å². The van der Waals surface area contributed by atoms with Gasteiger partial charge < -0.3 is 0 Å². The maximum Gasteiger partial charge on any atom is 0.268 e. The van der Waals surface area contributed by atoms with E-state index in [9.17, 15) is 14.0 Å². The van der Waals surface area contributed by atoms with Gasteiger partial charge in [0.05, 0.1) is 10.5 Å². The zero-order valence-electron chi connectivity index (χ0n) is 14.8. The van der Waals surface area contributed by atoms with Gasteiger partial charge in [-0.05, 0) is 30.5 Å². The zero-order valence-corrected chi connectivity index (χ0v) is 15.6. The number of halogens is 1. The van der Waals surface area contributed by atoms with Crippen LogP contribution in [0.1, 0.15) is 57.9 Å². The minimum Gasteiger partial charge on any atom is -0.271 e. The van der Waals surface area contributed by atoms with E-state index in [0.29, 0.717) is 16.0 Å². The Morgan fingerprint density at radius 2 is 1.60 bits per heavy atom. The quantitative estimate of drug-likeness (QED) is 0.573. The minimum absolute atomic E-state index is 0.0109. The molecule has 1 aliphatic heterocycles. The number of nitrogens with zero attached hydrogens (tertiary/aromatic N) is 1. The number of rotatable bonds is 4. The van der Waals surface area contributed by atoms with Crippen molar-refractivity contribution in [1.82, 2.24) is 4.90 Å². The molecule has 134 valence electrons. The maximum atomic E-state index is 13.3. The van der Waals surface area contributed by atoms with E-state index >= 15 is 0 Å². The summed E-state index contributed by atoms with van der Waals surface area (Å²) in [5.41, 5.74) is 1.06. The molecule has 25 heavy (non-hydrogen) atoms. The lowest BCUT2D eigenvalue weighted by Gasteiger charge is -2.25. The van der Waals surface area contributed by atoms with Gasteiger partial charge in [0, 0.05) is 11.3 Å². The van der Waals surface area contributed by atoms with Crippen molar-refractivity contribution in [2.45, 2.75) is 63.7 Å². The summed E-state index contributed by atoms with van der Waals surface area (Å²) in [4.78, 5) is 28.2.